The Bertz CT molecular complexity index is 805. The topological polar surface area (TPSA) is 69.2 Å². The highest BCUT2D eigenvalue weighted by Gasteiger charge is 2.12. The van der Waals surface area contributed by atoms with Crippen molar-refractivity contribution in [1.82, 2.24) is 15.0 Å². The first-order chi connectivity index (χ1) is 12.3. The molecule has 0 radical (unpaired) electrons. The molecule has 0 aliphatic carbocycles. The molecule has 3 rings (SSSR count). The lowest BCUT2D eigenvalue weighted by atomic mass is 10.2. The van der Waals surface area contributed by atoms with Crippen LogP contribution in [0.5, 0.6) is 0 Å². The molecule has 0 fully saturated rings. The number of hydrogen-bond acceptors (Lipinski definition) is 6. The van der Waals surface area contributed by atoms with Crippen LogP contribution in [0.4, 0.5) is 5.82 Å². The van der Waals surface area contributed by atoms with Gasteiger partial charge in [-0.15, -0.1) is 0 Å². The van der Waals surface area contributed by atoms with Gasteiger partial charge in [-0.1, -0.05) is 12.1 Å². The van der Waals surface area contributed by atoms with E-state index in [1.165, 1.54) is 0 Å². The molecule has 0 aliphatic heterocycles. The highest BCUT2D eigenvalue weighted by Crippen LogP contribution is 2.24. The van der Waals surface area contributed by atoms with E-state index in [9.17, 15) is 0 Å². The van der Waals surface area contributed by atoms with Crippen molar-refractivity contribution in [3.8, 4) is 11.4 Å². The number of hydrogen-bond donors (Lipinski definition) is 1. The number of ether oxygens (including phenoxy) is 2. The quantitative estimate of drug-likeness (QED) is 0.634. The number of anilines is 1. The monoisotopic (exact) mass is 338 g/mol. The van der Waals surface area contributed by atoms with Crippen molar-refractivity contribution in [1.29, 1.82) is 0 Å². The Morgan fingerprint density at radius 1 is 0.960 bits per heavy atom. The molecule has 0 unspecified atom stereocenters. The summed E-state index contributed by atoms with van der Waals surface area (Å²) >= 11 is 0. The number of rotatable bonds is 8. The average molecular weight is 338 g/mol. The van der Waals surface area contributed by atoms with Crippen LogP contribution in [0.15, 0.2) is 48.8 Å². The zero-order valence-electron chi connectivity index (χ0n) is 14.5. The Morgan fingerprint density at radius 3 is 2.40 bits per heavy atom. The second-order valence-electron chi connectivity index (χ2n) is 5.37. The molecule has 0 atom stereocenters. The molecule has 25 heavy (non-hydrogen) atoms. The summed E-state index contributed by atoms with van der Waals surface area (Å²) in [6.45, 7) is 5.61. The standard InChI is InChI=1S/C19H22N4O2/c1-3-24-17(25-4-2)13-21-19-15-7-5-6-8-16(15)22-18(23-19)14-9-11-20-12-10-14/h5-12,17H,3-4,13H2,1-2H3,(H,21,22,23). The van der Waals surface area contributed by atoms with Gasteiger partial charge in [0.05, 0.1) is 12.1 Å². The van der Waals surface area contributed by atoms with E-state index in [4.69, 9.17) is 14.5 Å². The molecule has 3 aromatic rings. The van der Waals surface area contributed by atoms with Crippen molar-refractivity contribution >= 4 is 16.7 Å². The summed E-state index contributed by atoms with van der Waals surface area (Å²) in [6.07, 6.45) is 3.16. The Morgan fingerprint density at radius 2 is 1.68 bits per heavy atom. The maximum atomic E-state index is 5.59. The molecular formula is C19H22N4O2. The summed E-state index contributed by atoms with van der Waals surface area (Å²) in [5.74, 6) is 1.43. The van der Waals surface area contributed by atoms with Crippen LogP contribution in [0.2, 0.25) is 0 Å². The molecule has 0 spiro atoms. The third kappa shape index (κ3) is 4.29. The lowest BCUT2D eigenvalue weighted by Gasteiger charge is -2.18. The zero-order valence-corrected chi connectivity index (χ0v) is 14.5. The molecule has 2 aromatic heterocycles. The minimum Gasteiger partial charge on any atom is -0.364 e. The summed E-state index contributed by atoms with van der Waals surface area (Å²) in [5.41, 5.74) is 1.81. The van der Waals surface area contributed by atoms with Crippen LogP contribution >= 0.6 is 0 Å². The van der Waals surface area contributed by atoms with Gasteiger partial charge in [0.15, 0.2) is 12.1 Å². The number of para-hydroxylation sites is 1. The van der Waals surface area contributed by atoms with Crippen LogP contribution in [-0.4, -0.2) is 41.0 Å². The van der Waals surface area contributed by atoms with Crippen molar-refractivity contribution in [2.45, 2.75) is 20.1 Å². The second kappa shape index (κ2) is 8.50. The first-order valence-electron chi connectivity index (χ1n) is 8.46. The first kappa shape index (κ1) is 17.3. The van der Waals surface area contributed by atoms with Gasteiger partial charge in [-0.05, 0) is 38.1 Å². The molecule has 0 amide bonds. The third-order valence-electron chi connectivity index (χ3n) is 3.68. The van der Waals surface area contributed by atoms with Gasteiger partial charge in [0, 0.05) is 36.6 Å². The molecule has 6 nitrogen and oxygen atoms in total. The number of fused-ring (bicyclic) bond motifs is 1. The van der Waals surface area contributed by atoms with Crippen LogP contribution in [0.3, 0.4) is 0 Å². The Kier molecular flexibility index (Phi) is 5.87. The molecule has 2 heterocycles. The van der Waals surface area contributed by atoms with Gasteiger partial charge in [-0.25, -0.2) is 9.97 Å². The van der Waals surface area contributed by atoms with E-state index in [0.717, 1.165) is 22.3 Å². The summed E-state index contributed by atoms with van der Waals surface area (Å²) in [6, 6.07) is 11.7. The fourth-order valence-electron chi connectivity index (χ4n) is 2.56. The van der Waals surface area contributed by atoms with E-state index in [0.29, 0.717) is 25.6 Å². The Hall–Kier alpha value is -2.57. The molecule has 1 N–H and O–H groups in total. The maximum absolute atomic E-state index is 5.59. The van der Waals surface area contributed by atoms with E-state index in [1.807, 2.05) is 50.2 Å². The van der Waals surface area contributed by atoms with Crippen LogP contribution in [0.25, 0.3) is 22.3 Å². The Balaban J connectivity index is 1.92. The Labute approximate surface area is 147 Å². The molecule has 0 saturated heterocycles. The summed E-state index contributed by atoms with van der Waals surface area (Å²) < 4.78 is 11.2. The SMILES string of the molecule is CCOC(CNc1nc(-c2ccncc2)nc2ccccc12)OCC. The van der Waals surface area contributed by atoms with Gasteiger partial charge in [0.25, 0.3) is 0 Å². The third-order valence-corrected chi connectivity index (χ3v) is 3.68. The van der Waals surface area contributed by atoms with Gasteiger partial charge in [-0.3, -0.25) is 4.98 Å². The van der Waals surface area contributed by atoms with Crippen molar-refractivity contribution in [3.05, 3.63) is 48.8 Å². The van der Waals surface area contributed by atoms with E-state index >= 15 is 0 Å². The van der Waals surface area contributed by atoms with Gasteiger partial charge in [0.1, 0.15) is 5.82 Å². The van der Waals surface area contributed by atoms with Gasteiger partial charge >= 0.3 is 0 Å². The average Bonchev–Trinajstić information content (AvgIpc) is 2.66. The van der Waals surface area contributed by atoms with Gasteiger partial charge in [0.2, 0.25) is 0 Å². The molecule has 6 heteroatoms. The van der Waals surface area contributed by atoms with Crippen LogP contribution in [0, 0.1) is 0 Å². The predicted octanol–water partition coefficient (Wildman–Crippen LogP) is 3.50. The normalized spacial score (nSPS) is 11.2. The van der Waals surface area contributed by atoms with Crippen LogP contribution in [-0.2, 0) is 9.47 Å². The van der Waals surface area contributed by atoms with Gasteiger partial charge in [-0.2, -0.15) is 0 Å². The number of aromatic nitrogens is 3. The largest absolute Gasteiger partial charge is 0.364 e. The lowest BCUT2D eigenvalue weighted by molar-refractivity contribution is -0.126. The smallest absolute Gasteiger partial charge is 0.174 e. The fourth-order valence-corrected chi connectivity index (χ4v) is 2.56. The van der Waals surface area contributed by atoms with E-state index in [1.54, 1.807) is 12.4 Å². The van der Waals surface area contributed by atoms with Crippen LogP contribution in [0.1, 0.15) is 13.8 Å². The molecule has 130 valence electrons. The summed E-state index contributed by atoms with van der Waals surface area (Å²) in [4.78, 5) is 13.4. The van der Waals surface area contributed by atoms with Crippen molar-refractivity contribution in [2.75, 3.05) is 25.1 Å². The van der Waals surface area contributed by atoms with E-state index in [2.05, 4.69) is 15.3 Å². The minimum absolute atomic E-state index is 0.312. The second-order valence-corrected chi connectivity index (χ2v) is 5.37. The van der Waals surface area contributed by atoms with E-state index < -0.39 is 0 Å². The van der Waals surface area contributed by atoms with Gasteiger partial charge < -0.3 is 14.8 Å². The first-order valence-corrected chi connectivity index (χ1v) is 8.46. The molecule has 1 aromatic carbocycles. The van der Waals surface area contributed by atoms with Crippen molar-refractivity contribution in [3.63, 3.8) is 0 Å². The molecular weight excluding hydrogens is 316 g/mol. The maximum Gasteiger partial charge on any atom is 0.174 e. The number of benzene rings is 1. The van der Waals surface area contributed by atoms with Crippen molar-refractivity contribution in [2.24, 2.45) is 0 Å². The summed E-state index contributed by atoms with van der Waals surface area (Å²) in [7, 11) is 0. The minimum atomic E-state index is -0.312. The zero-order chi connectivity index (χ0) is 17.5. The molecule has 0 bridgehead atoms. The lowest BCUT2D eigenvalue weighted by Crippen LogP contribution is -2.27. The number of nitrogens with zero attached hydrogens (tertiary/aromatic N) is 3. The fraction of sp³-hybridized carbons (Fsp3) is 0.316. The van der Waals surface area contributed by atoms with Crippen molar-refractivity contribution < 1.29 is 9.47 Å². The highest BCUT2D eigenvalue weighted by molar-refractivity contribution is 5.90. The highest BCUT2D eigenvalue weighted by atomic mass is 16.7. The summed E-state index contributed by atoms with van der Waals surface area (Å²) in [5, 5.41) is 4.32. The van der Waals surface area contributed by atoms with E-state index in [-0.39, 0.29) is 6.29 Å². The molecule has 0 saturated carbocycles. The number of nitrogens with one attached hydrogen (secondary N) is 1. The molecule has 0 aliphatic rings. The van der Waals surface area contributed by atoms with Crippen LogP contribution < -0.4 is 5.32 Å². The number of pyridine rings is 1. The predicted molar refractivity (Wildman–Crippen MR) is 98.3 cm³/mol.